The highest BCUT2D eigenvalue weighted by atomic mass is 79.9. The lowest BCUT2D eigenvalue weighted by atomic mass is 9.87. The van der Waals surface area contributed by atoms with Gasteiger partial charge >= 0.3 is 0 Å². The van der Waals surface area contributed by atoms with Crippen LogP contribution in [-0.2, 0) is 5.60 Å². The van der Waals surface area contributed by atoms with Gasteiger partial charge in [-0.25, -0.2) is 0 Å². The summed E-state index contributed by atoms with van der Waals surface area (Å²) in [6.45, 7) is 1.25. The highest BCUT2D eigenvalue weighted by Gasteiger charge is 2.45. The first-order valence-electron chi connectivity index (χ1n) is 7.36. The van der Waals surface area contributed by atoms with Crippen molar-refractivity contribution < 1.29 is 19.7 Å². The molecule has 0 spiro atoms. The number of nitrogens with zero attached hydrogens (tertiary/aromatic N) is 1. The average molecular weight is 378 g/mol. The molecule has 2 heterocycles. The van der Waals surface area contributed by atoms with Crippen LogP contribution in [0.4, 0.5) is 5.69 Å². The number of hydrogen-bond acceptors (Lipinski definition) is 5. The lowest BCUT2D eigenvalue weighted by Gasteiger charge is -2.28. The van der Waals surface area contributed by atoms with Crippen LogP contribution in [-0.4, -0.2) is 37.0 Å². The molecule has 23 heavy (non-hydrogen) atoms. The normalized spacial score (nSPS) is 22.1. The molecule has 5 nitrogen and oxygen atoms in total. The van der Waals surface area contributed by atoms with Crippen molar-refractivity contribution in [1.29, 1.82) is 0 Å². The van der Waals surface area contributed by atoms with Crippen molar-refractivity contribution >= 4 is 21.6 Å². The van der Waals surface area contributed by atoms with Crippen molar-refractivity contribution in [2.24, 2.45) is 0 Å². The summed E-state index contributed by atoms with van der Waals surface area (Å²) in [4.78, 5) is 1.97. The van der Waals surface area contributed by atoms with Crippen molar-refractivity contribution in [3.63, 3.8) is 0 Å². The smallest absolute Gasteiger partial charge is 0.165 e. The largest absolute Gasteiger partial charge is 0.507 e. The first-order valence-corrected chi connectivity index (χ1v) is 8.15. The summed E-state index contributed by atoms with van der Waals surface area (Å²) in [5.41, 5.74) is 0.759. The van der Waals surface area contributed by atoms with E-state index >= 15 is 0 Å². The Hall–Kier alpha value is -1.92. The number of aromatic hydroxyl groups is 1. The van der Waals surface area contributed by atoms with Gasteiger partial charge in [0.2, 0.25) is 0 Å². The van der Waals surface area contributed by atoms with E-state index in [1.165, 1.54) is 6.07 Å². The molecule has 1 unspecified atom stereocenters. The molecule has 2 aliphatic heterocycles. The van der Waals surface area contributed by atoms with Crippen molar-refractivity contribution in [2.45, 2.75) is 5.60 Å². The predicted octanol–water partition coefficient (Wildman–Crippen LogP) is 2.61. The van der Waals surface area contributed by atoms with Gasteiger partial charge < -0.3 is 24.6 Å². The molecule has 0 aliphatic carbocycles. The van der Waals surface area contributed by atoms with E-state index in [0.717, 1.165) is 15.7 Å². The Morgan fingerprint density at radius 1 is 1.17 bits per heavy atom. The molecular formula is C17H16BrNO4. The summed E-state index contributed by atoms with van der Waals surface area (Å²) in [6, 6.07) is 8.95. The molecule has 0 radical (unpaired) electrons. The number of rotatable bonds is 1. The van der Waals surface area contributed by atoms with Crippen LogP contribution >= 0.6 is 15.9 Å². The summed E-state index contributed by atoms with van der Waals surface area (Å²) < 4.78 is 11.9. The number of ether oxygens (including phenoxy) is 2. The highest BCUT2D eigenvalue weighted by molar-refractivity contribution is 9.10. The highest BCUT2D eigenvalue weighted by Crippen LogP contribution is 2.50. The van der Waals surface area contributed by atoms with Crippen LogP contribution in [0.1, 0.15) is 11.1 Å². The molecule has 2 N–H and O–H groups in total. The molecule has 0 aromatic heterocycles. The summed E-state index contributed by atoms with van der Waals surface area (Å²) in [5.74, 6) is 1.04. The summed E-state index contributed by atoms with van der Waals surface area (Å²) >= 11 is 3.52. The van der Waals surface area contributed by atoms with Gasteiger partial charge in [-0.2, -0.15) is 0 Å². The minimum atomic E-state index is -1.33. The maximum Gasteiger partial charge on any atom is 0.165 e. The lowest BCUT2D eigenvalue weighted by Crippen LogP contribution is -2.33. The zero-order chi connectivity index (χ0) is 16.2. The van der Waals surface area contributed by atoms with Gasteiger partial charge in [-0.05, 0) is 18.2 Å². The maximum atomic E-state index is 11.4. The second kappa shape index (κ2) is 5.04. The number of phenols is 1. The molecule has 1 atom stereocenters. The van der Waals surface area contributed by atoms with E-state index in [9.17, 15) is 10.2 Å². The Bertz CT molecular complexity index is 794. The zero-order valence-electron chi connectivity index (χ0n) is 12.5. The van der Waals surface area contributed by atoms with E-state index in [4.69, 9.17) is 9.47 Å². The van der Waals surface area contributed by atoms with E-state index in [-0.39, 0.29) is 5.75 Å². The van der Waals surface area contributed by atoms with Crippen molar-refractivity contribution in [2.75, 3.05) is 31.7 Å². The third-order valence-electron chi connectivity index (χ3n) is 4.39. The molecule has 6 heteroatoms. The van der Waals surface area contributed by atoms with Crippen LogP contribution in [0.5, 0.6) is 17.2 Å². The molecule has 4 rings (SSSR count). The van der Waals surface area contributed by atoms with Crippen LogP contribution in [0.15, 0.2) is 34.8 Å². The summed E-state index contributed by atoms with van der Waals surface area (Å²) in [5, 5.41) is 21.9. The van der Waals surface area contributed by atoms with Gasteiger partial charge in [0.05, 0.1) is 6.54 Å². The number of aliphatic hydroxyl groups is 1. The standard InChI is InChI=1S/C17H16BrNO4/c1-19-9-17(21,16-11(18)3-2-4-12(16)19)10-7-14-15(8-13(10)20)23-6-5-22-14/h2-4,7-8,20-21H,5-6,9H2,1H3. The second-order valence-electron chi connectivity index (χ2n) is 5.86. The molecule has 0 amide bonds. The Kier molecular flexibility index (Phi) is 3.21. The maximum absolute atomic E-state index is 11.4. The fraction of sp³-hybridized carbons (Fsp3) is 0.294. The van der Waals surface area contributed by atoms with Gasteiger partial charge in [0, 0.05) is 34.4 Å². The van der Waals surface area contributed by atoms with E-state index in [1.807, 2.05) is 30.1 Å². The molecule has 0 bridgehead atoms. The summed E-state index contributed by atoms with van der Waals surface area (Å²) in [7, 11) is 1.91. The number of fused-ring (bicyclic) bond motifs is 2. The van der Waals surface area contributed by atoms with Gasteiger partial charge in [-0.15, -0.1) is 0 Å². The number of halogens is 1. The fourth-order valence-corrected chi connectivity index (χ4v) is 4.06. The van der Waals surface area contributed by atoms with Gasteiger partial charge in [0.25, 0.3) is 0 Å². The van der Waals surface area contributed by atoms with E-state index < -0.39 is 5.60 Å². The van der Waals surface area contributed by atoms with Crippen LogP contribution in [0.3, 0.4) is 0 Å². The Morgan fingerprint density at radius 3 is 2.61 bits per heavy atom. The predicted molar refractivity (Wildman–Crippen MR) is 89.5 cm³/mol. The van der Waals surface area contributed by atoms with Crippen molar-refractivity contribution in [3.8, 4) is 17.2 Å². The Labute approximate surface area is 142 Å². The zero-order valence-corrected chi connectivity index (χ0v) is 14.1. The number of hydrogen-bond donors (Lipinski definition) is 2. The topological polar surface area (TPSA) is 62.2 Å². The second-order valence-corrected chi connectivity index (χ2v) is 6.72. The Balaban J connectivity index is 1.92. The van der Waals surface area contributed by atoms with Crippen molar-refractivity contribution in [1.82, 2.24) is 0 Å². The van der Waals surface area contributed by atoms with E-state index in [2.05, 4.69) is 15.9 Å². The SMILES string of the molecule is CN1CC(O)(c2cc3c(cc2O)OCCO3)c2c(Br)cccc21. The molecular weight excluding hydrogens is 362 g/mol. The summed E-state index contributed by atoms with van der Waals surface area (Å²) in [6.07, 6.45) is 0. The van der Waals surface area contributed by atoms with E-state index in [1.54, 1.807) is 6.07 Å². The quantitative estimate of drug-likeness (QED) is 0.799. The molecule has 2 aromatic rings. The fourth-order valence-electron chi connectivity index (χ4n) is 3.38. The molecule has 2 aromatic carbocycles. The van der Waals surface area contributed by atoms with Gasteiger partial charge in [0.15, 0.2) is 11.5 Å². The minimum absolute atomic E-state index is 0.00578. The van der Waals surface area contributed by atoms with Crippen LogP contribution in [0.2, 0.25) is 0 Å². The molecule has 0 saturated heterocycles. The third-order valence-corrected chi connectivity index (χ3v) is 5.05. The van der Waals surface area contributed by atoms with Crippen LogP contribution in [0.25, 0.3) is 0 Å². The number of benzene rings is 2. The number of β-amino-alcohol motifs (C(OH)–C–C–N with tert-alkyl or cyclic N) is 1. The molecule has 2 aliphatic rings. The monoisotopic (exact) mass is 377 g/mol. The Morgan fingerprint density at radius 2 is 1.87 bits per heavy atom. The third kappa shape index (κ3) is 2.09. The molecule has 0 fully saturated rings. The van der Waals surface area contributed by atoms with Crippen molar-refractivity contribution in [3.05, 3.63) is 45.9 Å². The molecule has 0 saturated carbocycles. The van der Waals surface area contributed by atoms with Gasteiger partial charge in [-0.1, -0.05) is 22.0 Å². The number of anilines is 1. The first-order chi connectivity index (χ1) is 11.0. The average Bonchev–Trinajstić information content (AvgIpc) is 2.80. The number of likely N-dealkylation sites (N-methyl/N-ethyl adjacent to an activating group) is 1. The number of phenolic OH excluding ortho intramolecular Hbond substituents is 1. The first kappa shape index (κ1) is 14.7. The van der Waals surface area contributed by atoms with Gasteiger partial charge in [-0.3, -0.25) is 0 Å². The molecule has 120 valence electrons. The van der Waals surface area contributed by atoms with Crippen LogP contribution < -0.4 is 14.4 Å². The lowest BCUT2D eigenvalue weighted by molar-refractivity contribution is 0.0938. The van der Waals surface area contributed by atoms with Gasteiger partial charge in [0.1, 0.15) is 24.6 Å². The minimum Gasteiger partial charge on any atom is -0.507 e. The van der Waals surface area contributed by atoms with Crippen LogP contribution in [0, 0.1) is 0 Å². The van der Waals surface area contributed by atoms with E-state index in [0.29, 0.717) is 36.8 Å².